The third kappa shape index (κ3) is 4.96. The van der Waals surface area contributed by atoms with Crippen molar-refractivity contribution >= 4 is 28.9 Å². The summed E-state index contributed by atoms with van der Waals surface area (Å²) in [5.41, 5.74) is 2.22. The van der Waals surface area contributed by atoms with Gasteiger partial charge in [0.2, 0.25) is 0 Å². The quantitative estimate of drug-likeness (QED) is 0.649. The zero-order chi connectivity index (χ0) is 22.5. The normalized spacial score (nSPS) is 17.9. The van der Waals surface area contributed by atoms with Gasteiger partial charge in [-0.1, -0.05) is 24.3 Å². The molecule has 0 aromatic heterocycles. The highest BCUT2D eigenvalue weighted by Crippen LogP contribution is 2.34. The summed E-state index contributed by atoms with van der Waals surface area (Å²) in [6.07, 6.45) is 1.83. The van der Waals surface area contributed by atoms with Gasteiger partial charge in [0.25, 0.3) is 5.91 Å². The van der Waals surface area contributed by atoms with E-state index in [4.69, 9.17) is 9.47 Å². The van der Waals surface area contributed by atoms with Crippen molar-refractivity contribution in [1.82, 2.24) is 9.80 Å². The first-order valence-corrected chi connectivity index (χ1v) is 11.1. The monoisotopic (exact) mass is 448 g/mol. The van der Waals surface area contributed by atoms with E-state index in [-0.39, 0.29) is 12.5 Å². The molecule has 0 unspecified atom stereocenters. The van der Waals surface area contributed by atoms with Gasteiger partial charge in [-0.25, -0.2) is 0 Å². The zero-order valence-corrected chi connectivity index (χ0v) is 18.9. The lowest BCUT2D eigenvalue weighted by Crippen LogP contribution is -2.46. The van der Waals surface area contributed by atoms with Crippen molar-refractivity contribution in [3.05, 3.63) is 64.1 Å². The van der Waals surface area contributed by atoms with E-state index in [0.29, 0.717) is 22.0 Å². The minimum atomic E-state index is -0.212. The smallest absolute Gasteiger partial charge is 0.286 e. The van der Waals surface area contributed by atoms with Gasteiger partial charge in [0.1, 0.15) is 6.61 Å². The molecule has 1 saturated heterocycles. The SMILES string of the molecule is COc1cc(C=C2SC(N3CCN(C)CC3)=NC2=O)ccc1OCc1ccccc1C#N. The second-order valence-corrected chi connectivity index (χ2v) is 8.58. The number of rotatable bonds is 5. The maximum absolute atomic E-state index is 12.4. The van der Waals surface area contributed by atoms with Crippen molar-refractivity contribution in [3.8, 4) is 17.6 Å². The maximum atomic E-state index is 12.4. The molecule has 0 spiro atoms. The van der Waals surface area contributed by atoms with Crippen LogP contribution >= 0.6 is 11.8 Å². The van der Waals surface area contributed by atoms with Crippen LogP contribution in [-0.2, 0) is 11.4 Å². The fourth-order valence-corrected chi connectivity index (χ4v) is 4.45. The maximum Gasteiger partial charge on any atom is 0.286 e. The topological polar surface area (TPSA) is 78.2 Å². The largest absolute Gasteiger partial charge is 0.493 e. The van der Waals surface area contributed by atoms with Crippen LogP contribution < -0.4 is 9.47 Å². The summed E-state index contributed by atoms with van der Waals surface area (Å²) in [5, 5.41) is 10.0. The van der Waals surface area contributed by atoms with Crippen molar-refractivity contribution in [2.45, 2.75) is 6.61 Å². The molecular weight excluding hydrogens is 424 g/mol. The number of aliphatic imine (C=N–C) groups is 1. The lowest BCUT2D eigenvalue weighted by Gasteiger charge is -2.32. The van der Waals surface area contributed by atoms with Crippen molar-refractivity contribution in [1.29, 1.82) is 5.26 Å². The standard InChI is InChI=1S/C24H24N4O3S/c1-27-9-11-28(12-10-27)24-26-23(29)22(32-24)14-17-7-8-20(21(13-17)30-2)31-16-19-6-4-3-5-18(19)15-25/h3-8,13-14H,9-12,16H2,1-2H3. The number of carbonyl (C=O) groups is 1. The van der Waals surface area contributed by atoms with Crippen molar-refractivity contribution < 1.29 is 14.3 Å². The van der Waals surface area contributed by atoms with Gasteiger partial charge in [-0.15, -0.1) is 0 Å². The number of piperazine rings is 1. The summed E-state index contributed by atoms with van der Waals surface area (Å²) < 4.78 is 11.4. The summed E-state index contributed by atoms with van der Waals surface area (Å²) in [5.74, 6) is 0.919. The van der Waals surface area contributed by atoms with Gasteiger partial charge in [-0.3, -0.25) is 4.79 Å². The first-order valence-electron chi connectivity index (χ1n) is 10.3. The molecule has 4 rings (SSSR count). The van der Waals surface area contributed by atoms with Crippen LogP contribution in [0.3, 0.4) is 0 Å². The number of methoxy groups -OCH3 is 1. The Balaban J connectivity index is 1.45. The molecule has 0 bridgehead atoms. The highest BCUT2D eigenvalue weighted by molar-refractivity contribution is 8.18. The molecule has 0 aliphatic carbocycles. The number of nitrogens with zero attached hydrogens (tertiary/aromatic N) is 4. The number of benzene rings is 2. The Morgan fingerprint density at radius 3 is 2.69 bits per heavy atom. The number of amidine groups is 1. The Bertz CT molecular complexity index is 1110. The molecule has 7 nitrogen and oxygen atoms in total. The predicted octanol–water partition coefficient (Wildman–Crippen LogP) is 3.36. The average Bonchev–Trinajstić information content (AvgIpc) is 3.18. The van der Waals surface area contributed by atoms with Crippen LogP contribution in [0, 0.1) is 11.3 Å². The molecule has 1 amide bonds. The predicted molar refractivity (Wildman–Crippen MR) is 126 cm³/mol. The molecule has 164 valence electrons. The fraction of sp³-hybridized carbons (Fsp3) is 0.292. The van der Waals surface area contributed by atoms with Crippen molar-refractivity contribution in [2.24, 2.45) is 4.99 Å². The third-order valence-corrected chi connectivity index (χ3v) is 6.43. The van der Waals surface area contributed by atoms with E-state index < -0.39 is 0 Å². The second-order valence-electron chi connectivity index (χ2n) is 7.57. The minimum absolute atomic E-state index is 0.212. The average molecular weight is 449 g/mol. The van der Waals surface area contributed by atoms with Gasteiger partial charge in [-0.05, 0) is 48.6 Å². The molecule has 0 radical (unpaired) electrons. The molecule has 0 saturated carbocycles. The van der Waals surface area contributed by atoms with Crippen LogP contribution in [0.4, 0.5) is 0 Å². The third-order valence-electron chi connectivity index (χ3n) is 5.39. The molecule has 2 aromatic carbocycles. The number of amides is 1. The first kappa shape index (κ1) is 21.9. The molecule has 0 atom stereocenters. The Hall–Kier alpha value is -3.28. The summed E-state index contributed by atoms with van der Waals surface area (Å²) in [7, 11) is 3.67. The van der Waals surface area contributed by atoms with Crippen LogP contribution in [0.1, 0.15) is 16.7 Å². The fourth-order valence-electron chi connectivity index (χ4n) is 3.49. The number of hydrogen-bond acceptors (Lipinski definition) is 7. The lowest BCUT2D eigenvalue weighted by molar-refractivity contribution is -0.113. The highest BCUT2D eigenvalue weighted by atomic mass is 32.2. The number of ether oxygens (including phenoxy) is 2. The molecule has 1 fully saturated rings. The summed E-state index contributed by atoms with van der Waals surface area (Å²) in [6.45, 7) is 3.93. The molecule has 2 heterocycles. The van der Waals surface area contributed by atoms with Crippen LogP contribution in [0.2, 0.25) is 0 Å². The number of carbonyl (C=O) groups excluding carboxylic acids is 1. The van der Waals surface area contributed by atoms with E-state index in [1.165, 1.54) is 11.8 Å². The van der Waals surface area contributed by atoms with E-state index in [9.17, 15) is 10.1 Å². The first-order chi connectivity index (χ1) is 15.6. The van der Waals surface area contributed by atoms with Crippen molar-refractivity contribution in [2.75, 3.05) is 40.3 Å². The van der Waals surface area contributed by atoms with E-state index >= 15 is 0 Å². The van der Waals surface area contributed by atoms with Gasteiger partial charge in [0, 0.05) is 31.7 Å². The molecule has 32 heavy (non-hydrogen) atoms. The zero-order valence-electron chi connectivity index (χ0n) is 18.1. The second kappa shape index (κ2) is 9.90. The molecule has 2 aromatic rings. The highest BCUT2D eigenvalue weighted by Gasteiger charge is 2.27. The van der Waals surface area contributed by atoms with E-state index in [2.05, 4.69) is 27.9 Å². The van der Waals surface area contributed by atoms with Gasteiger partial charge in [0.05, 0.1) is 23.6 Å². The van der Waals surface area contributed by atoms with Gasteiger partial charge >= 0.3 is 0 Å². The minimum Gasteiger partial charge on any atom is -0.493 e. The summed E-state index contributed by atoms with van der Waals surface area (Å²) in [4.78, 5) is 21.7. The van der Waals surface area contributed by atoms with Crippen molar-refractivity contribution in [3.63, 3.8) is 0 Å². The Labute approximate surface area is 191 Å². The lowest BCUT2D eigenvalue weighted by atomic mass is 10.1. The molecule has 2 aliphatic rings. The van der Waals surface area contributed by atoms with Crippen LogP contribution in [0.5, 0.6) is 11.5 Å². The molecular formula is C24H24N4O3S. The number of thioether (sulfide) groups is 1. The molecule has 8 heteroatoms. The van der Waals surface area contributed by atoms with Crippen LogP contribution in [0.15, 0.2) is 52.4 Å². The van der Waals surface area contributed by atoms with Gasteiger partial charge in [-0.2, -0.15) is 10.3 Å². The molecule has 2 aliphatic heterocycles. The van der Waals surface area contributed by atoms with Gasteiger partial charge < -0.3 is 19.3 Å². The van der Waals surface area contributed by atoms with E-state index in [1.807, 2.05) is 42.5 Å². The summed E-state index contributed by atoms with van der Waals surface area (Å²) in [6, 6.07) is 15.0. The van der Waals surface area contributed by atoms with Crippen LogP contribution in [-0.4, -0.2) is 61.2 Å². The number of likely N-dealkylation sites (N-methyl/N-ethyl adjacent to an activating group) is 1. The number of nitriles is 1. The Kier molecular flexibility index (Phi) is 6.78. The van der Waals surface area contributed by atoms with Crippen LogP contribution in [0.25, 0.3) is 6.08 Å². The Morgan fingerprint density at radius 1 is 1.16 bits per heavy atom. The Morgan fingerprint density at radius 2 is 1.94 bits per heavy atom. The van der Waals surface area contributed by atoms with E-state index in [1.54, 1.807) is 13.2 Å². The van der Waals surface area contributed by atoms with Gasteiger partial charge in [0.15, 0.2) is 16.7 Å². The molecule has 0 N–H and O–H groups in total. The summed E-state index contributed by atoms with van der Waals surface area (Å²) >= 11 is 1.42. The number of hydrogen-bond donors (Lipinski definition) is 0. The van der Waals surface area contributed by atoms with E-state index in [0.717, 1.165) is 42.5 Å².